The summed E-state index contributed by atoms with van der Waals surface area (Å²) in [4.78, 5) is 28.4. The van der Waals surface area contributed by atoms with Crippen LogP contribution in [0, 0.1) is 0 Å². The number of nitrogens with one attached hydrogen (secondary N) is 1. The van der Waals surface area contributed by atoms with Gasteiger partial charge in [0.2, 0.25) is 21.8 Å². The largest absolute Gasteiger partial charge is 0.357 e. The first-order valence-electron chi connectivity index (χ1n) is 11.4. The van der Waals surface area contributed by atoms with Gasteiger partial charge in [-0.15, -0.1) is 0 Å². The lowest BCUT2D eigenvalue weighted by Crippen LogP contribution is -2.53. The molecule has 1 atom stereocenters. The van der Waals surface area contributed by atoms with E-state index in [0.717, 1.165) is 16.1 Å². The van der Waals surface area contributed by atoms with Crippen LogP contribution in [-0.2, 0) is 32.6 Å². The van der Waals surface area contributed by atoms with Crippen LogP contribution in [0.1, 0.15) is 11.1 Å². The topological polar surface area (TPSA) is 86.8 Å². The Balaban J connectivity index is 2.09. The monoisotopic (exact) mass is 649 g/mol. The molecular weight excluding hydrogens is 628 g/mol. The molecule has 0 heterocycles. The Hall–Kier alpha value is -2.20. The maximum absolute atomic E-state index is 13.9. The summed E-state index contributed by atoms with van der Waals surface area (Å²) in [6.45, 7) is -0.781. The van der Waals surface area contributed by atoms with Gasteiger partial charge in [-0.05, 0) is 35.4 Å². The first kappa shape index (κ1) is 31.3. The Bertz CT molecular complexity index is 1470. The van der Waals surface area contributed by atoms with Crippen LogP contribution >= 0.6 is 58.0 Å². The zero-order valence-electron chi connectivity index (χ0n) is 20.8. The number of anilines is 1. The van der Waals surface area contributed by atoms with Crippen LogP contribution in [0.5, 0.6) is 0 Å². The molecule has 39 heavy (non-hydrogen) atoms. The Morgan fingerprint density at radius 2 is 1.51 bits per heavy atom. The molecule has 0 aliphatic carbocycles. The van der Waals surface area contributed by atoms with Crippen molar-refractivity contribution in [2.45, 2.75) is 19.0 Å². The van der Waals surface area contributed by atoms with Crippen molar-refractivity contribution < 1.29 is 18.0 Å². The highest BCUT2D eigenvalue weighted by Gasteiger charge is 2.33. The number of hydrogen-bond donors (Lipinski definition) is 1. The van der Waals surface area contributed by atoms with Crippen LogP contribution in [0.3, 0.4) is 0 Å². The highest BCUT2D eigenvalue weighted by molar-refractivity contribution is 7.92. The molecule has 0 saturated carbocycles. The van der Waals surface area contributed by atoms with E-state index < -0.39 is 34.4 Å². The average molecular weight is 652 g/mol. The SMILES string of the molecule is CNC(=O)C(Cc1ccccc1)N(Cc1ccc(Cl)cc1Cl)C(=O)CN(c1cc(Cl)c(Cl)cc1Cl)S(C)(=O)=O. The maximum Gasteiger partial charge on any atom is 0.244 e. The predicted octanol–water partition coefficient (Wildman–Crippen LogP) is 6.11. The first-order chi connectivity index (χ1) is 18.3. The standard InChI is InChI=1S/C26H24Cl5N3O4S/c1-32-26(36)24(10-16-6-4-3-5-7-16)33(14-17-8-9-18(27)11-19(17)28)25(35)15-34(39(2,37)38)23-13-21(30)20(29)12-22(23)31/h3-9,11-13,24H,10,14-15H2,1-2H3,(H,32,36). The van der Waals surface area contributed by atoms with Crippen molar-refractivity contribution >= 4 is 85.5 Å². The normalized spacial score (nSPS) is 12.1. The minimum absolute atomic E-state index is 0.0259. The van der Waals surface area contributed by atoms with Crippen LogP contribution in [0.2, 0.25) is 25.1 Å². The zero-order chi connectivity index (χ0) is 28.9. The van der Waals surface area contributed by atoms with Gasteiger partial charge in [0.05, 0.1) is 27.0 Å². The number of carbonyl (C=O) groups excluding carboxylic acids is 2. The van der Waals surface area contributed by atoms with Gasteiger partial charge in [-0.1, -0.05) is 94.4 Å². The van der Waals surface area contributed by atoms with Crippen molar-refractivity contribution in [1.82, 2.24) is 10.2 Å². The van der Waals surface area contributed by atoms with E-state index in [0.29, 0.717) is 10.6 Å². The lowest BCUT2D eigenvalue weighted by atomic mass is 10.0. The summed E-state index contributed by atoms with van der Waals surface area (Å²) in [6, 6.07) is 15.4. The Kier molecular flexibility index (Phi) is 10.8. The third-order valence-electron chi connectivity index (χ3n) is 5.81. The fourth-order valence-corrected chi connectivity index (χ4v) is 5.87. The van der Waals surface area contributed by atoms with Gasteiger partial charge in [0.1, 0.15) is 12.6 Å². The van der Waals surface area contributed by atoms with Gasteiger partial charge in [0, 0.05) is 30.1 Å². The van der Waals surface area contributed by atoms with E-state index in [2.05, 4.69) is 5.32 Å². The smallest absolute Gasteiger partial charge is 0.244 e. The van der Waals surface area contributed by atoms with E-state index in [-0.39, 0.29) is 38.7 Å². The molecule has 0 radical (unpaired) electrons. The molecule has 208 valence electrons. The van der Waals surface area contributed by atoms with Crippen LogP contribution in [0.15, 0.2) is 60.7 Å². The van der Waals surface area contributed by atoms with Gasteiger partial charge in [-0.3, -0.25) is 13.9 Å². The molecule has 1 N–H and O–H groups in total. The molecule has 0 fully saturated rings. The number of carbonyl (C=O) groups is 2. The number of hydrogen-bond acceptors (Lipinski definition) is 4. The van der Waals surface area contributed by atoms with Crippen molar-refractivity contribution in [2.24, 2.45) is 0 Å². The second-order valence-electron chi connectivity index (χ2n) is 8.56. The minimum atomic E-state index is -4.04. The molecule has 3 aromatic carbocycles. The van der Waals surface area contributed by atoms with E-state index in [4.69, 9.17) is 58.0 Å². The molecule has 1 unspecified atom stereocenters. The molecule has 7 nitrogen and oxygen atoms in total. The summed E-state index contributed by atoms with van der Waals surface area (Å²) < 4.78 is 26.5. The summed E-state index contributed by atoms with van der Waals surface area (Å²) in [7, 11) is -2.59. The molecule has 0 aromatic heterocycles. The Morgan fingerprint density at radius 3 is 2.10 bits per heavy atom. The van der Waals surface area contributed by atoms with Crippen molar-refractivity contribution in [2.75, 3.05) is 24.2 Å². The van der Waals surface area contributed by atoms with Crippen LogP contribution in [-0.4, -0.2) is 51.0 Å². The van der Waals surface area contributed by atoms with Gasteiger partial charge in [0.15, 0.2) is 0 Å². The second kappa shape index (κ2) is 13.4. The molecule has 0 spiro atoms. The zero-order valence-corrected chi connectivity index (χ0v) is 25.4. The number of amides is 2. The van der Waals surface area contributed by atoms with Crippen LogP contribution in [0.25, 0.3) is 0 Å². The molecule has 0 saturated heterocycles. The quantitative estimate of drug-likeness (QED) is 0.268. The van der Waals surface area contributed by atoms with Crippen LogP contribution in [0.4, 0.5) is 5.69 Å². The molecule has 3 rings (SSSR count). The molecule has 0 bridgehead atoms. The van der Waals surface area contributed by atoms with Gasteiger partial charge in [0.25, 0.3) is 0 Å². The molecule has 13 heteroatoms. The summed E-state index contributed by atoms with van der Waals surface area (Å²) in [5.41, 5.74) is 1.26. The van der Waals surface area contributed by atoms with Crippen LogP contribution < -0.4 is 9.62 Å². The van der Waals surface area contributed by atoms with Gasteiger partial charge in [-0.25, -0.2) is 8.42 Å². The number of rotatable bonds is 10. The van der Waals surface area contributed by atoms with Crippen molar-refractivity contribution in [1.29, 1.82) is 0 Å². The second-order valence-corrected chi connectivity index (χ2v) is 12.5. The summed E-state index contributed by atoms with van der Waals surface area (Å²) in [6.07, 6.45) is 1.09. The Labute approximate surface area is 252 Å². The molecule has 0 aliphatic heterocycles. The van der Waals surface area contributed by atoms with E-state index in [1.54, 1.807) is 12.1 Å². The predicted molar refractivity (Wildman–Crippen MR) is 159 cm³/mol. The fraction of sp³-hybridized carbons (Fsp3) is 0.231. The van der Waals surface area contributed by atoms with Crippen molar-refractivity contribution in [3.63, 3.8) is 0 Å². The first-order valence-corrected chi connectivity index (χ1v) is 15.2. The number of nitrogens with zero attached hydrogens (tertiary/aromatic N) is 2. The van der Waals surface area contributed by atoms with E-state index in [1.807, 2.05) is 30.3 Å². The highest BCUT2D eigenvalue weighted by atomic mass is 35.5. The number of likely N-dealkylation sites (N-methyl/N-ethyl adjacent to an activating group) is 1. The lowest BCUT2D eigenvalue weighted by Gasteiger charge is -2.33. The Morgan fingerprint density at radius 1 is 0.872 bits per heavy atom. The average Bonchev–Trinajstić information content (AvgIpc) is 2.87. The van der Waals surface area contributed by atoms with Crippen molar-refractivity contribution in [3.05, 3.63) is 96.9 Å². The van der Waals surface area contributed by atoms with Gasteiger partial charge in [-0.2, -0.15) is 0 Å². The third-order valence-corrected chi connectivity index (χ3v) is 8.55. The summed E-state index contributed by atoms with van der Waals surface area (Å²) >= 11 is 30.9. The number of sulfonamides is 1. The van der Waals surface area contributed by atoms with E-state index in [1.165, 1.54) is 30.1 Å². The maximum atomic E-state index is 13.9. The highest BCUT2D eigenvalue weighted by Crippen LogP contribution is 2.36. The number of benzene rings is 3. The minimum Gasteiger partial charge on any atom is -0.357 e. The summed E-state index contributed by atoms with van der Waals surface area (Å²) in [5, 5.41) is 3.41. The number of halogens is 5. The molecule has 3 aromatic rings. The fourth-order valence-electron chi connectivity index (χ4n) is 3.85. The molecule has 0 aliphatic rings. The molecule has 2 amide bonds. The van der Waals surface area contributed by atoms with Gasteiger partial charge < -0.3 is 10.2 Å². The van der Waals surface area contributed by atoms with Gasteiger partial charge >= 0.3 is 0 Å². The van der Waals surface area contributed by atoms with E-state index in [9.17, 15) is 18.0 Å². The van der Waals surface area contributed by atoms with E-state index >= 15 is 0 Å². The third kappa shape index (κ3) is 8.16. The lowest BCUT2D eigenvalue weighted by molar-refractivity contribution is -0.139. The molecular formula is C26H24Cl5N3O4S. The van der Waals surface area contributed by atoms with Crippen molar-refractivity contribution in [3.8, 4) is 0 Å². The summed E-state index contributed by atoms with van der Waals surface area (Å²) in [5.74, 6) is -1.13.